The Morgan fingerprint density at radius 3 is 2.53 bits per heavy atom. The molecule has 0 heterocycles. The van der Waals surface area contributed by atoms with Crippen molar-refractivity contribution in [2.45, 2.75) is 27.7 Å². The number of halogens is 1. The molecule has 1 unspecified atom stereocenters. The van der Waals surface area contributed by atoms with Crippen molar-refractivity contribution in [1.82, 2.24) is 0 Å². The number of rotatable bonds is 5. The van der Waals surface area contributed by atoms with Crippen LogP contribution in [-0.4, -0.2) is 16.9 Å². The van der Waals surface area contributed by atoms with Crippen LogP contribution in [0.2, 0.25) is 0 Å². The number of ether oxygens (including phenoxy) is 1. The van der Waals surface area contributed by atoms with E-state index in [1.54, 1.807) is 19.1 Å². The van der Waals surface area contributed by atoms with E-state index < -0.39 is 0 Å². The summed E-state index contributed by atoms with van der Waals surface area (Å²) in [7, 11) is 0. The van der Waals surface area contributed by atoms with Crippen LogP contribution in [-0.2, 0) is 0 Å². The average molecular weight is 330 g/mol. The molecule has 1 atom stereocenters. The minimum Gasteiger partial charge on any atom is -0.493 e. The van der Waals surface area contributed by atoms with Crippen molar-refractivity contribution in [1.29, 1.82) is 0 Å². The zero-order valence-electron chi connectivity index (χ0n) is 11.8. The molecule has 0 saturated carbocycles. The summed E-state index contributed by atoms with van der Waals surface area (Å²) in [5.41, 5.74) is 0.802. The molecule has 0 aromatic heterocycles. The first-order valence-electron chi connectivity index (χ1n) is 6.20. The third kappa shape index (κ3) is 4.20. The Bertz CT molecular complexity index is 454. The standard InChI is InChI=1S/C14H20BrNO3/c1-10-12(16(17)18)6-5-7-13(10)19-9-11(8-15)14(2,3)4/h5-7,11H,8-9H2,1-4H3. The molecule has 0 bridgehead atoms. The van der Waals surface area contributed by atoms with Crippen LogP contribution >= 0.6 is 15.9 Å². The molecule has 0 fully saturated rings. The van der Waals surface area contributed by atoms with Crippen LogP contribution in [0.4, 0.5) is 5.69 Å². The van der Waals surface area contributed by atoms with Crippen LogP contribution in [0.15, 0.2) is 18.2 Å². The second-order valence-electron chi connectivity index (χ2n) is 5.69. The zero-order valence-corrected chi connectivity index (χ0v) is 13.4. The normalized spacial score (nSPS) is 13.1. The Morgan fingerprint density at radius 1 is 1.42 bits per heavy atom. The molecule has 0 spiro atoms. The lowest BCUT2D eigenvalue weighted by Gasteiger charge is -2.29. The van der Waals surface area contributed by atoms with Gasteiger partial charge in [-0.3, -0.25) is 10.1 Å². The summed E-state index contributed by atoms with van der Waals surface area (Å²) < 4.78 is 5.77. The third-order valence-corrected chi connectivity index (χ3v) is 4.08. The van der Waals surface area contributed by atoms with Gasteiger partial charge >= 0.3 is 0 Å². The first-order valence-corrected chi connectivity index (χ1v) is 7.32. The number of nitro groups is 1. The minimum atomic E-state index is -0.381. The molecule has 0 N–H and O–H groups in total. The fourth-order valence-corrected chi connectivity index (χ4v) is 2.83. The van der Waals surface area contributed by atoms with Crippen molar-refractivity contribution in [2.75, 3.05) is 11.9 Å². The van der Waals surface area contributed by atoms with Crippen molar-refractivity contribution in [3.8, 4) is 5.75 Å². The van der Waals surface area contributed by atoms with Gasteiger partial charge in [0.25, 0.3) is 5.69 Å². The van der Waals surface area contributed by atoms with Gasteiger partial charge in [-0.2, -0.15) is 0 Å². The van der Waals surface area contributed by atoms with Gasteiger partial charge in [0.1, 0.15) is 5.75 Å². The maximum absolute atomic E-state index is 10.9. The molecule has 19 heavy (non-hydrogen) atoms. The lowest BCUT2D eigenvalue weighted by molar-refractivity contribution is -0.385. The van der Waals surface area contributed by atoms with E-state index in [-0.39, 0.29) is 16.0 Å². The van der Waals surface area contributed by atoms with Crippen molar-refractivity contribution in [3.63, 3.8) is 0 Å². The van der Waals surface area contributed by atoms with Crippen LogP contribution in [0.1, 0.15) is 26.3 Å². The number of nitro benzene ring substituents is 1. The predicted molar refractivity (Wildman–Crippen MR) is 80.1 cm³/mol. The highest BCUT2D eigenvalue weighted by atomic mass is 79.9. The summed E-state index contributed by atoms with van der Waals surface area (Å²) >= 11 is 3.49. The van der Waals surface area contributed by atoms with Crippen LogP contribution in [0.25, 0.3) is 0 Å². The molecule has 1 rings (SSSR count). The molecule has 0 radical (unpaired) electrons. The fraction of sp³-hybridized carbons (Fsp3) is 0.571. The third-order valence-electron chi connectivity index (χ3n) is 3.30. The second-order valence-corrected chi connectivity index (χ2v) is 6.33. The summed E-state index contributed by atoms with van der Waals surface area (Å²) in [4.78, 5) is 10.5. The Labute approximate surface area is 122 Å². The molecular formula is C14H20BrNO3. The van der Waals surface area contributed by atoms with Gasteiger partial charge in [0, 0.05) is 17.3 Å². The molecule has 0 amide bonds. The van der Waals surface area contributed by atoms with Crippen molar-refractivity contribution in [2.24, 2.45) is 11.3 Å². The van der Waals surface area contributed by atoms with E-state index >= 15 is 0 Å². The molecule has 0 aliphatic heterocycles. The molecule has 0 aliphatic carbocycles. The molecule has 1 aromatic carbocycles. The minimum absolute atomic E-state index is 0.101. The summed E-state index contributed by atoms with van der Waals surface area (Å²) in [6, 6.07) is 4.92. The summed E-state index contributed by atoms with van der Waals surface area (Å²) in [6.07, 6.45) is 0. The summed E-state index contributed by atoms with van der Waals surface area (Å²) in [5.74, 6) is 0.926. The number of alkyl halides is 1. The van der Waals surface area contributed by atoms with Gasteiger partial charge in [-0.25, -0.2) is 0 Å². The summed E-state index contributed by atoms with van der Waals surface area (Å²) in [5, 5.41) is 11.7. The molecule has 0 aliphatic rings. The van der Waals surface area contributed by atoms with E-state index in [4.69, 9.17) is 4.74 Å². The zero-order chi connectivity index (χ0) is 14.6. The lowest BCUT2D eigenvalue weighted by atomic mass is 9.83. The maximum Gasteiger partial charge on any atom is 0.276 e. The van der Waals surface area contributed by atoms with Gasteiger partial charge in [-0.15, -0.1) is 0 Å². The molecule has 0 saturated heterocycles. The maximum atomic E-state index is 10.9. The fourth-order valence-electron chi connectivity index (χ4n) is 1.67. The Balaban J connectivity index is 2.84. The van der Waals surface area contributed by atoms with Crippen LogP contribution in [0.3, 0.4) is 0 Å². The van der Waals surface area contributed by atoms with Crippen LogP contribution < -0.4 is 4.74 Å². The van der Waals surface area contributed by atoms with Gasteiger partial charge in [-0.1, -0.05) is 42.8 Å². The van der Waals surface area contributed by atoms with E-state index in [1.807, 2.05) is 0 Å². The van der Waals surface area contributed by atoms with Crippen molar-refractivity contribution >= 4 is 21.6 Å². The van der Waals surface area contributed by atoms with E-state index in [1.165, 1.54) is 6.07 Å². The lowest BCUT2D eigenvalue weighted by Crippen LogP contribution is -2.28. The Hall–Kier alpha value is -1.10. The monoisotopic (exact) mass is 329 g/mol. The molecule has 106 valence electrons. The second kappa shape index (κ2) is 6.37. The number of nitrogens with zero attached hydrogens (tertiary/aromatic N) is 1. The number of benzene rings is 1. The largest absolute Gasteiger partial charge is 0.493 e. The highest BCUT2D eigenvalue weighted by Gasteiger charge is 2.25. The molecular weight excluding hydrogens is 310 g/mol. The van der Waals surface area contributed by atoms with Gasteiger partial charge in [0.2, 0.25) is 0 Å². The summed E-state index contributed by atoms with van der Waals surface area (Å²) in [6.45, 7) is 8.72. The average Bonchev–Trinajstić information content (AvgIpc) is 2.29. The first-order chi connectivity index (χ1) is 8.77. The SMILES string of the molecule is Cc1c(OCC(CBr)C(C)(C)C)cccc1[N+](=O)[O-]. The van der Waals surface area contributed by atoms with Gasteiger partial charge < -0.3 is 4.74 Å². The van der Waals surface area contributed by atoms with Crippen LogP contribution in [0.5, 0.6) is 5.75 Å². The number of hydrogen-bond acceptors (Lipinski definition) is 3. The van der Waals surface area contributed by atoms with E-state index in [0.717, 1.165) is 5.33 Å². The van der Waals surface area contributed by atoms with Gasteiger partial charge in [-0.05, 0) is 18.4 Å². The van der Waals surface area contributed by atoms with E-state index in [9.17, 15) is 10.1 Å². The highest BCUT2D eigenvalue weighted by molar-refractivity contribution is 9.09. The van der Waals surface area contributed by atoms with Crippen molar-refractivity contribution < 1.29 is 9.66 Å². The van der Waals surface area contributed by atoms with E-state index in [2.05, 4.69) is 36.7 Å². The van der Waals surface area contributed by atoms with Gasteiger partial charge in [0.05, 0.1) is 17.1 Å². The highest BCUT2D eigenvalue weighted by Crippen LogP contribution is 2.31. The first kappa shape index (κ1) is 16.0. The quantitative estimate of drug-likeness (QED) is 0.458. The van der Waals surface area contributed by atoms with Gasteiger partial charge in [0.15, 0.2) is 0 Å². The Kier molecular flexibility index (Phi) is 5.35. The van der Waals surface area contributed by atoms with E-state index in [0.29, 0.717) is 23.8 Å². The van der Waals surface area contributed by atoms with Crippen LogP contribution in [0, 0.1) is 28.4 Å². The molecule has 1 aromatic rings. The predicted octanol–water partition coefficient (Wildman–Crippen LogP) is 4.34. The topological polar surface area (TPSA) is 52.4 Å². The Morgan fingerprint density at radius 2 is 2.05 bits per heavy atom. The molecule has 4 nitrogen and oxygen atoms in total. The van der Waals surface area contributed by atoms with Crippen molar-refractivity contribution in [3.05, 3.63) is 33.9 Å². The smallest absolute Gasteiger partial charge is 0.276 e. The number of hydrogen-bond donors (Lipinski definition) is 0. The molecule has 5 heteroatoms.